The Hall–Kier alpha value is -4.07. The fraction of sp³-hybridized carbons (Fsp3) is 0.269. The monoisotopic (exact) mass is 457 g/mol. The minimum Gasteiger partial charge on any atom is -0.457 e. The number of nitrogens with two attached hydrogens (primary N) is 2. The van der Waals surface area contributed by atoms with Crippen LogP contribution in [0.4, 0.5) is 5.82 Å². The van der Waals surface area contributed by atoms with Gasteiger partial charge < -0.3 is 21.1 Å². The van der Waals surface area contributed by atoms with Crippen molar-refractivity contribution >= 4 is 17.6 Å². The fourth-order valence-electron chi connectivity index (χ4n) is 5.17. The van der Waals surface area contributed by atoms with E-state index in [2.05, 4.69) is 6.58 Å². The Morgan fingerprint density at radius 3 is 2.41 bits per heavy atom. The number of carbonyl (C=O) groups is 2. The predicted octanol–water partition coefficient (Wildman–Crippen LogP) is 3.76. The van der Waals surface area contributed by atoms with E-state index in [-0.39, 0.29) is 28.7 Å². The standard InChI is InChI=1S/C26H27N5O3/c1-2-21(32)30-13-12-26(16-30)14-18(15-26)31-24(27)22(25(28)33)23(29-31)17-8-10-20(11-9-17)34-19-6-4-3-5-7-19/h2-11,18H,1,12-16,27H2,(H2,28,33)/t18-,26-. The number of rotatable bonds is 6. The van der Waals surface area contributed by atoms with Crippen LogP contribution in [-0.4, -0.2) is 39.6 Å². The van der Waals surface area contributed by atoms with Crippen LogP contribution in [0.15, 0.2) is 67.3 Å². The lowest BCUT2D eigenvalue weighted by Gasteiger charge is -2.45. The van der Waals surface area contributed by atoms with Crippen molar-refractivity contribution in [3.8, 4) is 22.8 Å². The summed E-state index contributed by atoms with van der Waals surface area (Å²) in [6, 6.07) is 16.9. The van der Waals surface area contributed by atoms with Gasteiger partial charge in [-0.15, -0.1) is 0 Å². The zero-order valence-corrected chi connectivity index (χ0v) is 18.8. The van der Waals surface area contributed by atoms with Crippen LogP contribution in [0.1, 0.15) is 35.7 Å². The number of hydrogen-bond acceptors (Lipinski definition) is 5. The quantitative estimate of drug-likeness (QED) is 0.547. The molecule has 2 amide bonds. The van der Waals surface area contributed by atoms with E-state index in [0.29, 0.717) is 18.0 Å². The van der Waals surface area contributed by atoms with E-state index in [1.54, 1.807) is 4.68 Å². The van der Waals surface area contributed by atoms with Gasteiger partial charge >= 0.3 is 0 Å². The zero-order valence-electron chi connectivity index (χ0n) is 18.8. The van der Waals surface area contributed by atoms with Crippen LogP contribution in [-0.2, 0) is 4.79 Å². The van der Waals surface area contributed by atoms with Gasteiger partial charge in [-0.1, -0.05) is 24.8 Å². The first kappa shape index (κ1) is 21.8. The molecule has 1 saturated carbocycles. The fourth-order valence-corrected chi connectivity index (χ4v) is 5.17. The second-order valence-corrected chi connectivity index (χ2v) is 9.13. The van der Waals surface area contributed by atoms with Crippen molar-refractivity contribution in [1.29, 1.82) is 0 Å². The highest BCUT2D eigenvalue weighted by molar-refractivity contribution is 6.03. The Morgan fingerprint density at radius 2 is 1.76 bits per heavy atom. The molecule has 8 heteroatoms. The second kappa shape index (κ2) is 8.37. The molecule has 4 N–H and O–H groups in total. The van der Waals surface area contributed by atoms with Gasteiger partial charge in [0.2, 0.25) is 5.91 Å². The number of carbonyl (C=O) groups excluding carboxylic acids is 2. The van der Waals surface area contributed by atoms with Crippen molar-refractivity contribution < 1.29 is 14.3 Å². The Bertz CT molecular complexity index is 1240. The highest BCUT2D eigenvalue weighted by Crippen LogP contribution is 2.54. The maximum Gasteiger partial charge on any atom is 0.254 e. The van der Waals surface area contributed by atoms with Crippen molar-refractivity contribution in [3.05, 3.63) is 72.8 Å². The molecule has 0 radical (unpaired) electrons. The number of aromatic nitrogens is 2. The number of anilines is 1. The van der Waals surface area contributed by atoms with Crippen molar-refractivity contribution in [2.24, 2.45) is 11.1 Å². The van der Waals surface area contributed by atoms with Crippen molar-refractivity contribution in [2.45, 2.75) is 25.3 Å². The average Bonchev–Trinajstić information content (AvgIpc) is 3.41. The second-order valence-electron chi connectivity index (χ2n) is 9.13. The smallest absolute Gasteiger partial charge is 0.254 e. The molecule has 34 heavy (non-hydrogen) atoms. The van der Waals surface area contributed by atoms with E-state index >= 15 is 0 Å². The van der Waals surface area contributed by atoms with Crippen molar-refractivity contribution in [3.63, 3.8) is 0 Å². The molecule has 3 aromatic rings. The van der Waals surface area contributed by atoms with Crippen LogP contribution in [0.5, 0.6) is 11.5 Å². The van der Waals surface area contributed by atoms with Gasteiger partial charge in [-0.25, -0.2) is 4.68 Å². The van der Waals surface area contributed by atoms with E-state index in [0.717, 1.165) is 37.1 Å². The van der Waals surface area contributed by atoms with Gasteiger partial charge in [-0.05, 0) is 67.2 Å². The number of hydrogen-bond donors (Lipinski definition) is 2. The topological polar surface area (TPSA) is 116 Å². The average molecular weight is 458 g/mol. The first-order valence-electron chi connectivity index (χ1n) is 11.3. The molecule has 0 atom stereocenters. The van der Waals surface area contributed by atoms with Crippen LogP contribution in [0, 0.1) is 5.41 Å². The number of nitrogens with zero attached hydrogens (tertiary/aromatic N) is 3. The Labute approximate surface area is 197 Å². The normalized spacial score (nSPS) is 21.3. The summed E-state index contributed by atoms with van der Waals surface area (Å²) >= 11 is 0. The Morgan fingerprint density at radius 1 is 1.09 bits per heavy atom. The summed E-state index contributed by atoms with van der Waals surface area (Å²) in [5.74, 6) is 1.05. The molecule has 2 heterocycles. The molecule has 2 aromatic carbocycles. The summed E-state index contributed by atoms with van der Waals surface area (Å²) < 4.78 is 7.58. The van der Waals surface area contributed by atoms with Crippen LogP contribution < -0.4 is 16.2 Å². The summed E-state index contributed by atoms with van der Waals surface area (Å²) in [6.07, 6.45) is 4.01. The minimum absolute atomic E-state index is 0.0306. The lowest BCUT2D eigenvalue weighted by atomic mass is 9.65. The molecule has 5 rings (SSSR count). The van der Waals surface area contributed by atoms with E-state index < -0.39 is 5.91 Å². The maximum absolute atomic E-state index is 12.3. The Kier molecular flexibility index (Phi) is 5.36. The summed E-state index contributed by atoms with van der Waals surface area (Å²) in [5.41, 5.74) is 13.6. The maximum atomic E-state index is 12.3. The van der Waals surface area contributed by atoms with Crippen molar-refractivity contribution in [1.82, 2.24) is 14.7 Å². The third-order valence-electron chi connectivity index (χ3n) is 6.91. The predicted molar refractivity (Wildman–Crippen MR) is 129 cm³/mol. The number of primary amides is 1. The van der Waals surface area contributed by atoms with E-state index in [4.69, 9.17) is 21.3 Å². The first-order valence-corrected chi connectivity index (χ1v) is 11.3. The van der Waals surface area contributed by atoms with Crippen LogP contribution in [0.3, 0.4) is 0 Å². The largest absolute Gasteiger partial charge is 0.457 e. The van der Waals surface area contributed by atoms with Crippen LogP contribution in [0.25, 0.3) is 11.3 Å². The van der Waals surface area contributed by atoms with E-state index in [1.807, 2.05) is 59.5 Å². The van der Waals surface area contributed by atoms with Gasteiger partial charge in [-0.2, -0.15) is 5.10 Å². The summed E-state index contributed by atoms with van der Waals surface area (Å²) in [7, 11) is 0. The van der Waals surface area contributed by atoms with E-state index in [9.17, 15) is 9.59 Å². The number of likely N-dealkylation sites (tertiary alicyclic amines) is 1. The molecule has 1 saturated heterocycles. The molecular weight excluding hydrogens is 430 g/mol. The third kappa shape index (κ3) is 3.81. The molecule has 2 fully saturated rings. The van der Waals surface area contributed by atoms with Gasteiger partial charge in [0.15, 0.2) is 0 Å². The molecule has 1 aliphatic carbocycles. The molecule has 1 spiro atoms. The van der Waals surface area contributed by atoms with Crippen LogP contribution >= 0.6 is 0 Å². The van der Waals surface area contributed by atoms with Gasteiger partial charge in [0.25, 0.3) is 5.91 Å². The van der Waals surface area contributed by atoms with Crippen LogP contribution in [0.2, 0.25) is 0 Å². The number of nitrogen functional groups attached to an aromatic ring is 1. The molecule has 2 aliphatic rings. The third-order valence-corrected chi connectivity index (χ3v) is 6.91. The minimum atomic E-state index is -0.610. The molecule has 174 valence electrons. The Balaban J connectivity index is 1.36. The summed E-state index contributed by atoms with van der Waals surface area (Å²) in [4.78, 5) is 26.1. The lowest BCUT2D eigenvalue weighted by molar-refractivity contribution is -0.125. The van der Waals surface area contributed by atoms with Crippen molar-refractivity contribution in [2.75, 3.05) is 18.8 Å². The van der Waals surface area contributed by atoms with Gasteiger partial charge in [-0.3, -0.25) is 9.59 Å². The van der Waals surface area contributed by atoms with Gasteiger partial charge in [0.05, 0.1) is 6.04 Å². The highest BCUT2D eigenvalue weighted by Gasteiger charge is 2.50. The molecule has 0 bridgehead atoms. The summed E-state index contributed by atoms with van der Waals surface area (Å²) in [6.45, 7) is 5.04. The molecule has 0 unspecified atom stereocenters. The van der Waals surface area contributed by atoms with E-state index in [1.165, 1.54) is 6.08 Å². The first-order chi connectivity index (χ1) is 16.4. The van der Waals surface area contributed by atoms with Gasteiger partial charge in [0, 0.05) is 18.7 Å². The highest BCUT2D eigenvalue weighted by atomic mass is 16.5. The number of ether oxygens (including phenoxy) is 1. The number of benzene rings is 2. The molecule has 1 aliphatic heterocycles. The molecule has 1 aromatic heterocycles. The SMILES string of the molecule is C=CC(=O)N1CC[C@]2(C1)C[C@H](n1nc(-c3ccc(Oc4ccccc4)cc3)c(C(N)=O)c1N)C2. The van der Waals surface area contributed by atoms with Gasteiger partial charge in [0.1, 0.15) is 28.6 Å². The number of para-hydroxylation sites is 1. The molecule has 8 nitrogen and oxygen atoms in total. The summed E-state index contributed by atoms with van der Waals surface area (Å²) in [5, 5.41) is 4.72. The zero-order chi connectivity index (χ0) is 23.9. The molecular formula is C26H27N5O3. The lowest BCUT2D eigenvalue weighted by Crippen LogP contribution is -2.42. The number of amides is 2.